The first-order chi connectivity index (χ1) is 7.88. The summed E-state index contributed by atoms with van der Waals surface area (Å²) in [7, 11) is 0. The highest BCUT2D eigenvalue weighted by molar-refractivity contribution is 5.90. The van der Waals surface area contributed by atoms with Gasteiger partial charge in [0.15, 0.2) is 0 Å². The van der Waals surface area contributed by atoms with Crippen LogP contribution >= 0.6 is 0 Å². The third kappa shape index (κ3) is 2.76. The number of nitrogens with two attached hydrogens (primary N) is 1. The lowest BCUT2D eigenvalue weighted by Gasteiger charge is -2.08. The molecule has 3 heteroatoms. The van der Waals surface area contributed by atoms with E-state index in [1.807, 2.05) is 30.5 Å². The highest BCUT2D eigenvalue weighted by Gasteiger charge is 1.94. The summed E-state index contributed by atoms with van der Waals surface area (Å²) in [5.74, 6) is 0. The first kappa shape index (κ1) is 11.0. The first-order valence-electron chi connectivity index (χ1n) is 5.90. The molecule has 2 aromatic rings. The minimum absolute atomic E-state index is 0.832. The molecule has 1 saturated heterocycles. The quantitative estimate of drug-likeness (QED) is 0.594. The Morgan fingerprint density at radius 2 is 1.81 bits per heavy atom. The molecule has 0 unspecified atom stereocenters. The highest BCUT2D eigenvalue weighted by atomic mass is 14.9. The Labute approximate surface area is 96.0 Å². The molecular weight excluding hydrogens is 198 g/mol. The summed E-state index contributed by atoms with van der Waals surface area (Å²) in [4.78, 5) is 3.08. The first-order valence-corrected chi connectivity index (χ1v) is 5.90. The third-order valence-electron chi connectivity index (χ3n) is 2.84. The molecule has 3 nitrogen and oxygen atoms in total. The van der Waals surface area contributed by atoms with Crippen LogP contribution in [0.3, 0.4) is 0 Å². The van der Waals surface area contributed by atoms with Crippen LogP contribution in [0.5, 0.6) is 0 Å². The summed E-state index contributed by atoms with van der Waals surface area (Å²) in [6, 6.07) is 7.82. The van der Waals surface area contributed by atoms with Crippen LogP contribution < -0.4 is 11.1 Å². The van der Waals surface area contributed by atoms with E-state index in [0.717, 1.165) is 16.6 Å². The van der Waals surface area contributed by atoms with Crippen molar-refractivity contribution in [3.8, 4) is 0 Å². The van der Waals surface area contributed by atoms with Crippen molar-refractivity contribution < 1.29 is 0 Å². The van der Waals surface area contributed by atoms with Crippen molar-refractivity contribution in [2.45, 2.75) is 19.3 Å². The number of hydrogen-bond acceptors (Lipinski definition) is 2. The molecule has 1 aliphatic heterocycles. The average Bonchev–Trinajstić information content (AvgIpc) is 2.82. The summed E-state index contributed by atoms with van der Waals surface area (Å²) in [5, 5.41) is 4.38. The Bertz CT molecular complexity index is 418. The smallest absolute Gasteiger partial charge is 0.0474 e. The molecule has 0 spiro atoms. The zero-order valence-corrected chi connectivity index (χ0v) is 9.50. The molecule has 86 valence electrons. The number of H-pyrrole nitrogens is 1. The van der Waals surface area contributed by atoms with Gasteiger partial charge in [-0.1, -0.05) is 12.5 Å². The number of anilines is 1. The molecular formula is C13H19N3. The van der Waals surface area contributed by atoms with Gasteiger partial charge >= 0.3 is 0 Å². The van der Waals surface area contributed by atoms with Crippen molar-refractivity contribution in [1.29, 1.82) is 0 Å². The monoisotopic (exact) mass is 217 g/mol. The predicted molar refractivity (Wildman–Crippen MR) is 69.4 cm³/mol. The van der Waals surface area contributed by atoms with Gasteiger partial charge in [0, 0.05) is 22.8 Å². The summed E-state index contributed by atoms with van der Waals surface area (Å²) in [6.45, 7) is 2.50. The van der Waals surface area contributed by atoms with Crippen molar-refractivity contribution in [2.75, 3.05) is 18.8 Å². The molecule has 4 N–H and O–H groups in total. The zero-order chi connectivity index (χ0) is 11.2. The molecule has 0 saturated carbocycles. The van der Waals surface area contributed by atoms with Gasteiger partial charge < -0.3 is 16.0 Å². The Balaban J connectivity index is 0.000000138. The van der Waals surface area contributed by atoms with Gasteiger partial charge in [-0.25, -0.2) is 0 Å². The minimum Gasteiger partial charge on any atom is -0.398 e. The summed E-state index contributed by atoms with van der Waals surface area (Å²) in [6.07, 6.45) is 6.11. The Morgan fingerprint density at radius 3 is 2.38 bits per heavy atom. The fraction of sp³-hybridized carbons (Fsp3) is 0.385. The van der Waals surface area contributed by atoms with Gasteiger partial charge in [-0.15, -0.1) is 0 Å². The zero-order valence-electron chi connectivity index (χ0n) is 9.50. The summed E-state index contributed by atoms with van der Waals surface area (Å²) in [5.41, 5.74) is 7.61. The van der Waals surface area contributed by atoms with Crippen LogP contribution in [0, 0.1) is 0 Å². The van der Waals surface area contributed by atoms with Crippen LogP contribution in [-0.4, -0.2) is 18.1 Å². The van der Waals surface area contributed by atoms with E-state index in [4.69, 9.17) is 5.73 Å². The van der Waals surface area contributed by atoms with Crippen LogP contribution in [0.2, 0.25) is 0 Å². The van der Waals surface area contributed by atoms with Gasteiger partial charge in [0.2, 0.25) is 0 Å². The second-order valence-corrected chi connectivity index (χ2v) is 4.10. The lowest BCUT2D eigenvalue weighted by atomic mass is 10.2. The van der Waals surface area contributed by atoms with Crippen LogP contribution in [0.15, 0.2) is 30.5 Å². The lowest BCUT2D eigenvalue weighted by molar-refractivity contribution is 0.520. The largest absolute Gasteiger partial charge is 0.398 e. The molecule has 3 rings (SSSR count). The van der Waals surface area contributed by atoms with E-state index in [1.165, 1.54) is 32.4 Å². The summed E-state index contributed by atoms with van der Waals surface area (Å²) >= 11 is 0. The van der Waals surface area contributed by atoms with E-state index >= 15 is 0 Å². The molecule has 1 aromatic heterocycles. The Kier molecular flexibility index (Phi) is 3.83. The number of rotatable bonds is 0. The van der Waals surface area contributed by atoms with E-state index in [-0.39, 0.29) is 0 Å². The maximum Gasteiger partial charge on any atom is 0.0474 e. The lowest BCUT2D eigenvalue weighted by Crippen LogP contribution is -2.21. The van der Waals surface area contributed by atoms with Crippen molar-refractivity contribution >= 4 is 16.6 Å². The second kappa shape index (κ2) is 5.56. The fourth-order valence-electron chi connectivity index (χ4n) is 1.91. The number of benzene rings is 1. The van der Waals surface area contributed by atoms with Gasteiger partial charge in [-0.3, -0.25) is 0 Å². The van der Waals surface area contributed by atoms with Gasteiger partial charge in [0.1, 0.15) is 0 Å². The molecule has 0 aliphatic carbocycles. The number of hydrogen-bond donors (Lipinski definition) is 3. The molecule has 1 aromatic carbocycles. The number of nitrogen functional groups attached to an aromatic ring is 1. The highest BCUT2D eigenvalue weighted by Crippen LogP contribution is 2.18. The van der Waals surface area contributed by atoms with Crippen LogP contribution in [-0.2, 0) is 0 Å². The van der Waals surface area contributed by atoms with Gasteiger partial charge in [-0.05, 0) is 44.1 Å². The van der Waals surface area contributed by atoms with Gasteiger partial charge in [0.25, 0.3) is 0 Å². The molecule has 0 bridgehead atoms. The Morgan fingerprint density at radius 1 is 1.00 bits per heavy atom. The van der Waals surface area contributed by atoms with Crippen LogP contribution in [0.25, 0.3) is 10.9 Å². The van der Waals surface area contributed by atoms with E-state index in [2.05, 4.69) is 10.3 Å². The molecule has 16 heavy (non-hydrogen) atoms. The number of aromatic nitrogens is 1. The van der Waals surface area contributed by atoms with E-state index in [0.29, 0.717) is 0 Å². The topological polar surface area (TPSA) is 53.8 Å². The van der Waals surface area contributed by atoms with Crippen molar-refractivity contribution in [1.82, 2.24) is 10.3 Å². The normalized spacial score (nSPS) is 15.5. The van der Waals surface area contributed by atoms with Crippen molar-refractivity contribution in [2.24, 2.45) is 0 Å². The van der Waals surface area contributed by atoms with E-state index in [9.17, 15) is 0 Å². The number of nitrogens with one attached hydrogen (secondary N) is 2. The molecule has 1 aliphatic rings. The fourth-order valence-corrected chi connectivity index (χ4v) is 1.91. The molecule has 0 radical (unpaired) electrons. The SMILES string of the molecule is C1CCNCC1.Nc1cccc2[nH]ccc12. The maximum absolute atomic E-state index is 5.68. The molecule has 0 amide bonds. The minimum atomic E-state index is 0.832. The van der Waals surface area contributed by atoms with Gasteiger partial charge in [0.05, 0.1) is 0 Å². The summed E-state index contributed by atoms with van der Waals surface area (Å²) < 4.78 is 0. The van der Waals surface area contributed by atoms with Crippen molar-refractivity contribution in [3.05, 3.63) is 30.5 Å². The number of piperidine rings is 1. The molecule has 0 atom stereocenters. The standard InChI is InChI=1S/C8H8N2.C5H11N/c9-7-2-1-3-8-6(7)4-5-10-8;1-2-4-6-5-3-1/h1-5,10H,9H2;6H,1-5H2. The van der Waals surface area contributed by atoms with Crippen LogP contribution in [0.1, 0.15) is 19.3 Å². The van der Waals surface area contributed by atoms with Gasteiger partial charge in [-0.2, -0.15) is 0 Å². The molecule has 2 heterocycles. The Hall–Kier alpha value is -1.48. The van der Waals surface area contributed by atoms with Crippen molar-refractivity contribution in [3.63, 3.8) is 0 Å². The predicted octanol–water partition coefficient (Wildman–Crippen LogP) is 2.51. The van der Waals surface area contributed by atoms with E-state index < -0.39 is 0 Å². The maximum atomic E-state index is 5.68. The second-order valence-electron chi connectivity index (χ2n) is 4.10. The average molecular weight is 217 g/mol. The molecule has 1 fully saturated rings. The third-order valence-corrected chi connectivity index (χ3v) is 2.84. The van der Waals surface area contributed by atoms with E-state index in [1.54, 1.807) is 0 Å². The number of fused-ring (bicyclic) bond motifs is 1. The van der Waals surface area contributed by atoms with Crippen LogP contribution in [0.4, 0.5) is 5.69 Å². The number of aromatic amines is 1.